The van der Waals surface area contributed by atoms with Crippen molar-refractivity contribution in [3.63, 3.8) is 0 Å². The maximum atomic E-state index is 5.66. The lowest BCUT2D eigenvalue weighted by atomic mass is 9.88. The molecule has 2 atom stereocenters. The summed E-state index contributed by atoms with van der Waals surface area (Å²) in [7, 11) is 1.74. The van der Waals surface area contributed by atoms with Crippen molar-refractivity contribution >= 4 is 0 Å². The van der Waals surface area contributed by atoms with Crippen LogP contribution in [0.2, 0.25) is 0 Å². The fraction of sp³-hybridized carbons (Fsp3) is 0.571. The van der Waals surface area contributed by atoms with Crippen LogP contribution in [0.5, 0.6) is 0 Å². The van der Waals surface area contributed by atoms with Crippen molar-refractivity contribution in [1.82, 2.24) is 5.43 Å². The first-order valence-electron chi connectivity index (χ1n) is 6.12. The lowest BCUT2D eigenvalue weighted by Gasteiger charge is -2.35. The van der Waals surface area contributed by atoms with Gasteiger partial charge in [0.25, 0.3) is 0 Å². The standard InChI is InChI=1S/C14H24N2O/c1-5-14(3,17-4)13(16-15)10-12-8-6-11(2)7-9-12/h6-9,13,16H,5,10,15H2,1-4H3. The second kappa shape index (κ2) is 6.15. The van der Waals surface area contributed by atoms with Crippen molar-refractivity contribution in [3.8, 4) is 0 Å². The number of rotatable bonds is 6. The highest BCUT2D eigenvalue weighted by Gasteiger charge is 2.31. The third kappa shape index (κ3) is 3.53. The van der Waals surface area contributed by atoms with E-state index in [-0.39, 0.29) is 11.6 Å². The first kappa shape index (κ1) is 14.2. The minimum atomic E-state index is -0.236. The summed E-state index contributed by atoms with van der Waals surface area (Å²) < 4.78 is 5.59. The zero-order chi connectivity index (χ0) is 12.9. The monoisotopic (exact) mass is 236 g/mol. The van der Waals surface area contributed by atoms with E-state index in [0.717, 1.165) is 12.8 Å². The molecule has 0 bridgehead atoms. The van der Waals surface area contributed by atoms with Gasteiger partial charge in [0.15, 0.2) is 0 Å². The molecule has 0 heterocycles. The number of nitrogens with one attached hydrogen (secondary N) is 1. The Hall–Kier alpha value is -0.900. The SMILES string of the molecule is CCC(C)(OC)C(Cc1ccc(C)cc1)NN. The number of methoxy groups -OCH3 is 1. The summed E-state index contributed by atoms with van der Waals surface area (Å²) in [6.45, 7) is 6.29. The molecule has 0 aliphatic carbocycles. The Morgan fingerprint density at radius 1 is 1.35 bits per heavy atom. The van der Waals surface area contributed by atoms with Crippen molar-refractivity contribution in [2.75, 3.05) is 7.11 Å². The maximum Gasteiger partial charge on any atom is 0.0817 e. The van der Waals surface area contributed by atoms with Gasteiger partial charge in [-0.05, 0) is 32.3 Å². The van der Waals surface area contributed by atoms with Gasteiger partial charge >= 0.3 is 0 Å². The summed E-state index contributed by atoms with van der Waals surface area (Å²) in [5.41, 5.74) is 5.19. The molecule has 1 rings (SSSR count). The third-order valence-corrected chi connectivity index (χ3v) is 3.67. The zero-order valence-corrected chi connectivity index (χ0v) is 11.3. The quantitative estimate of drug-likeness (QED) is 0.588. The smallest absolute Gasteiger partial charge is 0.0817 e. The van der Waals surface area contributed by atoms with Crippen molar-refractivity contribution in [2.24, 2.45) is 5.84 Å². The summed E-state index contributed by atoms with van der Waals surface area (Å²) in [5, 5.41) is 0. The van der Waals surface area contributed by atoms with Gasteiger partial charge in [0.2, 0.25) is 0 Å². The summed E-state index contributed by atoms with van der Waals surface area (Å²) in [6.07, 6.45) is 1.79. The molecule has 0 fully saturated rings. The maximum absolute atomic E-state index is 5.66. The van der Waals surface area contributed by atoms with E-state index in [9.17, 15) is 0 Å². The van der Waals surface area contributed by atoms with Gasteiger partial charge in [-0.1, -0.05) is 36.8 Å². The Morgan fingerprint density at radius 2 is 1.94 bits per heavy atom. The van der Waals surface area contributed by atoms with Crippen LogP contribution < -0.4 is 11.3 Å². The van der Waals surface area contributed by atoms with Gasteiger partial charge in [-0.25, -0.2) is 0 Å². The van der Waals surface area contributed by atoms with E-state index in [1.54, 1.807) is 7.11 Å². The highest BCUT2D eigenvalue weighted by atomic mass is 16.5. The van der Waals surface area contributed by atoms with Crippen molar-refractivity contribution in [1.29, 1.82) is 0 Å². The van der Waals surface area contributed by atoms with Crippen LogP contribution in [-0.2, 0) is 11.2 Å². The van der Waals surface area contributed by atoms with Crippen LogP contribution in [-0.4, -0.2) is 18.8 Å². The Balaban J connectivity index is 2.79. The highest BCUT2D eigenvalue weighted by molar-refractivity contribution is 5.22. The lowest BCUT2D eigenvalue weighted by molar-refractivity contribution is -0.0288. The summed E-state index contributed by atoms with van der Waals surface area (Å²) in [4.78, 5) is 0. The molecule has 3 heteroatoms. The summed E-state index contributed by atoms with van der Waals surface area (Å²) in [5.74, 6) is 5.66. The van der Waals surface area contributed by atoms with E-state index in [2.05, 4.69) is 50.5 Å². The predicted octanol–water partition coefficient (Wildman–Crippen LogP) is 2.18. The molecule has 0 amide bonds. The number of nitrogens with two attached hydrogens (primary N) is 1. The first-order chi connectivity index (χ1) is 8.05. The van der Waals surface area contributed by atoms with Crippen LogP contribution >= 0.6 is 0 Å². The highest BCUT2D eigenvalue weighted by Crippen LogP contribution is 2.22. The number of aryl methyl sites for hydroxylation is 1. The van der Waals surface area contributed by atoms with Gasteiger partial charge in [-0.2, -0.15) is 0 Å². The normalized spacial score (nSPS) is 16.5. The van der Waals surface area contributed by atoms with Crippen LogP contribution in [0.3, 0.4) is 0 Å². The first-order valence-corrected chi connectivity index (χ1v) is 6.12. The Morgan fingerprint density at radius 3 is 2.35 bits per heavy atom. The average Bonchev–Trinajstić information content (AvgIpc) is 2.37. The van der Waals surface area contributed by atoms with E-state index >= 15 is 0 Å². The molecule has 1 aromatic rings. The predicted molar refractivity (Wildman–Crippen MR) is 71.7 cm³/mol. The molecule has 0 aromatic heterocycles. The largest absolute Gasteiger partial charge is 0.377 e. The number of ether oxygens (including phenoxy) is 1. The number of benzene rings is 1. The van der Waals surface area contributed by atoms with Crippen LogP contribution in [0.25, 0.3) is 0 Å². The van der Waals surface area contributed by atoms with Gasteiger partial charge < -0.3 is 4.74 Å². The van der Waals surface area contributed by atoms with Gasteiger partial charge in [0, 0.05) is 7.11 Å². The zero-order valence-electron chi connectivity index (χ0n) is 11.3. The lowest BCUT2D eigenvalue weighted by Crippen LogP contribution is -2.53. The van der Waals surface area contributed by atoms with Crippen molar-refractivity contribution < 1.29 is 4.74 Å². The molecular formula is C14H24N2O. The number of hydrazine groups is 1. The molecule has 0 saturated carbocycles. The second-order valence-electron chi connectivity index (χ2n) is 4.78. The minimum absolute atomic E-state index is 0.111. The van der Waals surface area contributed by atoms with E-state index in [4.69, 9.17) is 10.6 Å². The molecular weight excluding hydrogens is 212 g/mol. The van der Waals surface area contributed by atoms with Crippen molar-refractivity contribution in [2.45, 2.75) is 45.3 Å². The molecule has 3 N–H and O–H groups in total. The van der Waals surface area contributed by atoms with Gasteiger partial charge in [-0.3, -0.25) is 11.3 Å². The Labute approximate surface area is 104 Å². The molecule has 2 unspecified atom stereocenters. The number of hydrogen-bond donors (Lipinski definition) is 2. The molecule has 0 saturated heterocycles. The van der Waals surface area contributed by atoms with Gasteiger partial charge in [0.05, 0.1) is 11.6 Å². The summed E-state index contributed by atoms with van der Waals surface area (Å²) in [6, 6.07) is 8.65. The average molecular weight is 236 g/mol. The number of hydrogen-bond acceptors (Lipinski definition) is 3. The van der Waals surface area contributed by atoms with Crippen LogP contribution in [0, 0.1) is 6.92 Å². The van der Waals surface area contributed by atoms with E-state index in [1.807, 2.05) is 0 Å². The second-order valence-corrected chi connectivity index (χ2v) is 4.78. The van der Waals surface area contributed by atoms with Gasteiger partial charge in [-0.15, -0.1) is 0 Å². The Bertz CT molecular complexity index is 331. The third-order valence-electron chi connectivity index (χ3n) is 3.67. The summed E-state index contributed by atoms with van der Waals surface area (Å²) >= 11 is 0. The fourth-order valence-corrected chi connectivity index (χ4v) is 1.94. The minimum Gasteiger partial charge on any atom is -0.377 e. The molecule has 0 radical (unpaired) electrons. The van der Waals surface area contributed by atoms with Crippen molar-refractivity contribution in [3.05, 3.63) is 35.4 Å². The molecule has 1 aromatic carbocycles. The molecule has 0 aliphatic heterocycles. The molecule has 96 valence electrons. The molecule has 0 aliphatic rings. The molecule has 3 nitrogen and oxygen atoms in total. The van der Waals surface area contributed by atoms with E-state index in [1.165, 1.54) is 11.1 Å². The molecule has 0 spiro atoms. The van der Waals surface area contributed by atoms with Crippen LogP contribution in [0.1, 0.15) is 31.4 Å². The molecule has 17 heavy (non-hydrogen) atoms. The van der Waals surface area contributed by atoms with E-state index in [0.29, 0.717) is 0 Å². The van der Waals surface area contributed by atoms with Crippen LogP contribution in [0.15, 0.2) is 24.3 Å². The van der Waals surface area contributed by atoms with E-state index < -0.39 is 0 Å². The fourth-order valence-electron chi connectivity index (χ4n) is 1.94. The topological polar surface area (TPSA) is 47.3 Å². The van der Waals surface area contributed by atoms with Crippen LogP contribution in [0.4, 0.5) is 0 Å². The van der Waals surface area contributed by atoms with Gasteiger partial charge in [0.1, 0.15) is 0 Å². The Kier molecular flexibility index (Phi) is 5.12.